The van der Waals surface area contributed by atoms with Gasteiger partial charge in [-0.05, 0) is 30.4 Å². The predicted molar refractivity (Wildman–Crippen MR) is 114 cm³/mol. The summed E-state index contributed by atoms with van der Waals surface area (Å²) in [7, 11) is 0. The highest BCUT2D eigenvalue weighted by Crippen LogP contribution is 2.43. The molecule has 0 N–H and O–H groups in total. The van der Waals surface area contributed by atoms with E-state index in [1.54, 1.807) is 0 Å². The van der Waals surface area contributed by atoms with Crippen LogP contribution in [-0.2, 0) is 18.4 Å². The normalized spacial score (nSPS) is 14.6. The molecule has 1 aromatic heterocycles. The number of aromatic nitrogens is 2. The first-order valence-corrected chi connectivity index (χ1v) is 10.3. The SMILES string of the molecule is CCCCn1ccnc1C(CC)C(C)(Cc1ccccc1)c1ccccc1. The Morgan fingerprint density at radius 2 is 1.63 bits per heavy atom. The van der Waals surface area contributed by atoms with Gasteiger partial charge in [0.2, 0.25) is 0 Å². The van der Waals surface area contributed by atoms with Crippen LogP contribution in [0, 0.1) is 0 Å². The van der Waals surface area contributed by atoms with Crippen LogP contribution in [0.3, 0.4) is 0 Å². The van der Waals surface area contributed by atoms with Gasteiger partial charge in [0.05, 0.1) is 0 Å². The van der Waals surface area contributed by atoms with Crippen molar-refractivity contribution in [3.63, 3.8) is 0 Å². The van der Waals surface area contributed by atoms with Crippen LogP contribution < -0.4 is 0 Å². The minimum absolute atomic E-state index is 0.00726. The molecule has 3 rings (SSSR count). The molecule has 3 aromatic rings. The molecule has 0 aliphatic rings. The van der Waals surface area contributed by atoms with Crippen LogP contribution in [0.25, 0.3) is 0 Å². The van der Waals surface area contributed by atoms with Crippen molar-refractivity contribution in [3.8, 4) is 0 Å². The Morgan fingerprint density at radius 1 is 0.963 bits per heavy atom. The van der Waals surface area contributed by atoms with E-state index in [4.69, 9.17) is 4.98 Å². The van der Waals surface area contributed by atoms with Crippen molar-refractivity contribution in [3.05, 3.63) is 90.0 Å². The second-order valence-corrected chi connectivity index (χ2v) is 7.74. The van der Waals surface area contributed by atoms with Crippen LogP contribution in [0.4, 0.5) is 0 Å². The van der Waals surface area contributed by atoms with E-state index in [1.165, 1.54) is 29.8 Å². The van der Waals surface area contributed by atoms with Gasteiger partial charge in [-0.15, -0.1) is 0 Å². The molecule has 0 saturated heterocycles. The van der Waals surface area contributed by atoms with E-state index < -0.39 is 0 Å². The van der Waals surface area contributed by atoms with Crippen molar-refractivity contribution in [2.75, 3.05) is 0 Å². The minimum Gasteiger partial charge on any atom is -0.335 e. The molecule has 0 amide bonds. The van der Waals surface area contributed by atoms with Gasteiger partial charge in [-0.1, -0.05) is 87.9 Å². The van der Waals surface area contributed by atoms with Crippen molar-refractivity contribution in [2.45, 2.75) is 64.3 Å². The lowest BCUT2D eigenvalue weighted by Crippen LogP contribution is -2.34. The predicted octanol–water partition coefficient (Wildman–Crippen LogP) is 6.38. The summed E-state index contributed by atoms with van der Waals surface area (Å²) in [5.74, 6) is 1.60. The van der Waals surface area contributed by atoms with Gasteiger partial charge >= 0.3 is 0 Å². The minimum atomic E-state index is -0.00726. The Labute approximate surface area is 164 Å². The molecule has 0 spiro atoms. The third-order valence-electron chi connectivity index (χ3n) is 5.84. The van der Waals surface area contributed by atoms with Crippen molar-refractivity contribution in [1.82, 2.24) is 9.55 Å². The van der Waals surface area contributed by atoms with E-state index in [9.17, 15) is 0 Å². The largest absolute Gasteiger partial charge is 0.335 e. The van der Waals surface area contributed by atoms with Crippen LogP contribution in [0.2, 0.25) is 0 Å². The Morgan fingerprint density at radius 3 is 2.26 bits per heavy atom. The molecule has 2 aromatic carbocycles. The van der Waals surface area contributed by atoms with E-state index in [0.717, 1.165) is 19.4 Å². The van der Waals surface area contributed by atoms with Crippen LogP contribution in [0.15, 0.2) is 73.1 Å². The molecule has 142 valence electrons. The number of nitrogens with zero attached hydrogens (tertiary/aromatic N) is 2. The quantitative estimate of drug-likeness (QED) is 0.433. The van der Waals surface area contributed by atoms with Crippen LogP contribution in [0.1, 0.15) is 62.9 Å². The van der Waals surface area contributed by atoms with E-state index in [-0.39, 0.29) is 5.41 Å². The third kappa shape index (κ3) is 4.32. The van der Waals surface area contributed by atoms with Gasteiger partial charge in [0.15, 0.2) is 0 Å². The number of imidazole rings is 1. The van der Waals surface area contributed by atoms with Gasteiger partial charge in [-0.3, -0.25) is 0 Å². The number of aryl methyl sites for hydroxylation is 1. The summed E-state index contributed by atoms with van der Waals surface area (Å²) in [4.78, 5) is 4.84. The van der Waals surface area contributed by atoms with Crippen LogP contribution in [-0.4, -0.2) is 9.55 Å². The molecule has 2 atom stereocenters. The summed E-state index contributed by atoms with van der Waals surface area (Å²) in [6.07, 6.45) is 8.61. The highest BCUT2D eigenvalue weighted by Gasteiger charge is 2.38. The summed E-state index contributed by atoms with van der Waals surface area (Å²) in [5.41, 5.74) is 2.77. The lowest BCUT2D eigenvalue weighted by Gasteiger charge is -2.38. The second-order valence-electron chi connectivity index (χ2n) is 7.74. The Hall–Kier alpha value is -2.35. The van der Waals surface area contributed by atoms with Gasteiger partial charge in [0, 0.05) is 30.3 Å². The van der Waals surface area contributed by atoms with Crippen molar-refractivity contribution in [1.29, 1.82) is 0 Å². The first-order valence-electron chi connectivity index (χ1n) is 10.3. The van der Waals surface area contributed by atoms with Crippen LogP contribution in [0.5, 0.6) is 0 Å². The Kier molecular flexibility index (Phi) is 6.49. The third-order valence-corrected chi connectivity index (χ3v) is 5.84. The number of unbranched alkanes of at least 4 members (excludes halogenated alkanes) is 1. The van der Waals surface area contributed by atoms with Gasteiger partial charge in [-0.25, -0.2) is 4.98 Å². The Bertz CT molecular complexity index is 807. The smallest absolute Gasteiger partial charge is 0.112 e. The van der Waals surface area contributed by atoms with E-state index in [1.807, 2.05) is 6.20 Å². The van der Waals surface area contributed by atoms with Crippen LogP contribution >= 0.6 is 0 Å². The van der Waals surface area contributed by atoms with Crippen molar-refractivity contribution < 1.29 is 0 Å². The molecule has 1 heterocycles. The van der Waals surface area contributed by atoms with Gasteiger partial charge in [-0.2, -0.15) is 0 Å². The topological polar surface area (TPSA) is 17.8 Å². The molecule has 0 radical (unpaired) electrons. The van der Waals surface area contributed by atoms with Gasteiger partial charge in [0.25, 0.3) is 0 Å². The zero-order valence-electron chi connectivity index (χ0n) is 16.9. The molecule has 2 heteroatoms. The molecular formula is C25H32N2. The molecule has 0 saturated carbocycles. The number of rotatable bonds is 9. The molecule has 0 aliphatic heterocycles. The zero-order valence-corrected chi connectivity index (χ0v) is 16.9. The molecule has 0 fully saturated rings. The highest BCUT2D eigenvalue weighted by atomic mass is 15.1. The average molecular weight is 361 g/mol. The summed E-state index contributed by atoms with van der Waals surface area (Å²) < 4.78 is 2.38. The average Bonchev–Trinajstić information content (AvgIpc) is 3.16. The fraction of sp³-hybridized carbons (Fsp3) is 0.400. The standard InChI is InChI=1S/C25H32N2/c1-4-6-18-27-19-17-26-24(27)23(5-2)25(3,22-15-11-8-12-16-22)20-21-13-9-7-10-14-21/h7-17,19,23H,4-6,18,20H2,1-3H3. The van der Waals surface area contributed by atoms with Gasteiger partial charge in [0.1, 0.15) is 5.82 Å². The van der Waals surface area contributed by atoms with E-state index in [2.05, 4.69) is 92.2 Å². The maximum absolute atomic E-state index is 4.84. The molecular weight excluding hydrogens is 328 g/mol. The van der Waals surface area contributed by atoms with Gasteiger partial charge < -0.3 is 4.57 Å². The monoisotopic (exact) mass is 360 g/mol. The summed E-state index contributed by atoms with van der Waals surface area (Å²) in [6, 6.07) is 21.9. The number of hydrogen-bond donors (Lipinski definition) is 0. The first kappa shape index (κ1) is 19.4. The number of benzene rings is 2. The summed E-state index contributed by atoms with van der Waals surface area (Å²) in [5, 5.41) is 0. The zero-order chi connectivity index (χ0) is 19.1. The molecule has 0 bridgehead atoms. The Balaban J connectivity index is 2.04. The lowest BCUT2D eigenvalue weighted by molar-refractivity contribution is 0.339. The first-order chi connectivity index (χ1) is 13.2. The van der Waals surface area contributed by atoms with Crippen molar-refractivity contribution in [2.24, 2.45) is 0 Å². The fourth-order valence-corrected chi connectivity index (χ4v) is 4.33. The molecule has 2 nitrogen and oxygen atoms in total. The molecule has 0 aliphatic carbocycles. The highest BCUT2D eigenvalue weighted by molar-refractivity contribution is 5.33. The fourth-order valence-electron chi connectivity index (χ4n) is 4.33. The van der Waals surface area contributed by atoms with Crippen molar-refractivity contribution >= 4 is 0 Å². The summed E-state index contributed by atoms with van der Waals surface area (Å²) >= 11 is 0. The molecule has 2 unspecified atom stereocenters. The number of hydrogen-bond acceptors (Lipinski definition) is 1. The van der Waals surface area contributed by atoms with E-state index >= 15 is 0 Å². The van der Waals surface area contributed by atoms with E-state index in [0.29, 0.717) is 5.92 Å². The molecule has 27 heavy (non-hydrogen) atoms. The maximum atomic E-state index is 4.84. The second kappa shape index (κ2) is 9.03. The summed E-state index contributed by atoms with van der Waals surface area (Å²) in [6.45, 7) is 8.02. The maximum Gasteiger partial charge on any atom is 0.112 e. The lowest BCUT2D eigenvalue weighted by atomic mass is 9.66.